The number of rotatable bonds is 2. The van der Waals surface area contributed by atoms with Gasteiger partial charge in [-0.25, -0.2) is 0 Å². The molecule has 1 aromatic heterocycles. The number of pyridine rings is 1. The maximum atomic E-state index is 9.13. The van der Waals surface area contributed by atoms with E-state index >= 15 is 0 Å². The van der Waals surface area contributed by atoms with E-state index in [9.17, 15) is 0 Å². The number of halogens is 1. The van der Waals surface area contributed by atoms with Crippen LogP contribution in [-0.2, 0) is 0 Å². The Morgan fingerprint density at radius 3 is 2.88 bits per heavy atom. The lowest BCUT2D eigenvalue weighted by Crippen LogP contribution is -2.04. The Bertz CT molecular complexity index is 562. The van der Waals surface area contributed by atoms with Crippen molar-refractivity contribution >= 4 is 26.7 Å². The van der Waals surface area contributed by atoms with Crippen molar-refractivity contribution in [3.63, 3.8) is 0 Å². The topological polar surface area (TPSA) is 56.9 Å². The Labute approximate surface area is 101 Å². The molecular formula is C12H9BrN2O. The van der Waals surface area contributed by atoms with Gasteiger partial charge in [-0.2, -0.15) is 5.26 Å². The number of aliphatic hydroxyl groups excluding tert-OH is 1. The molecule has 1 atom stereocenters. The van der Waals surface area contributed by atoms with Gasteiger partial charge in [0.1, 0.15) is 5.92 Å². The summed E-state index contributed by atoms with van der Waals surface area (Å²) in [5.41, 5.74) is 0.629. The normalized spacial score (nSPS) is 12.3. The highest BCUT2D eigenvalue weighted by atomic mass is 79.9. The molecule has 0 bridgehead atoms. The first-order chi connectivity index (χ1) is 7.77. The van der Waals surface area contributed by atoms with Crippen LogP contribution in [0.15, 0.2) is 34.9 Å². The van der Waals surface area contributed by atoms with Crippen LogP contribution < -0.4 is 0 Å². The summed E-state index contributed by atoms with van der Waals surface area (Å²) in [7, 11) is 0. The lowest BCUT2D eigenvalue weighted by Gasteiger charge is -2.09. The van der Waals surface area contributed by atoms with Gasteiger partial charge < -0.3 is 5.11 Å². The Kier molecular flexibility index (Phi) is 3.18. The van der Waals surface area contributed by atoms with E-state index in [1.807, 2.05) is 24.3 Å². The van der Waals surface area contributed by atoms with Crippen LogP contribution in [-0.4, -0.2) is 16.7 Å². The molecule has 80 valence electrons. The Balaban J connectivity index is 2.72. The zero-order valence-corrected chi connectivity index (χ0v) is 9.98. The standard InChI is InChI=1S/C12H9BrN2O/c13-11-3-1-2-10-9(11)4-5-15-12(10)8(6-14)7-16/h1-5,8,16H,7H2. The molecule has 1 heterocycles. The highest BCUT2D eigenvalue weighted by Gasteiger charge is 2.14. The van der Waals surface area contributed by atoms with Gasteiger partial charge in [-0.1, -0.05) is 28.1 Å². The summed E-state index contributed by atoms with van der Waals surface area (Å²) in [6.45, 7) is -0.213. The molecule has 1 unspecified atom stereocenters. The molecular weight excluding hydrogens is 268 g/mol. The minimum Gasteiger partial charge on any atom is -0.395 e. The van der Waals surface area contributed by atoms with Gasteiger partial charge in [-0.15, -0.1) is 0 Å². The summed E-state index contributed by atoms with van der Waals surface area (Å²) in [6.07, 6.45) is 1.66. The number of hydrogen-bond donors (Lipinski definition) is 1. The van der Waals surface area contributed by atoms with Gasteiger partial charge >= 0.3 is 0 Å². The van der Waals surface area contributed by atoms with Gasteiger partial charge in [-0.3, -0.25) is 4.98 Å². The molecule has 0 aliphatic heterocycles. The summed E-state index contributed by atoms with van der Waals surface area (Å²) in [5, 5.41) is 20.0. The van der Waals surface area contributed by atoms with E-state index < -0.39 is 5.92 Å². The first-order valence-electron chi connectivity index (χ1n) is 4.81. The van der Waals surface area contributed by atoms with E-state index in [2.05, 4.69) is 27.0 Å². The second-order valence-corrected chi connectivity index (χ2v) is 4.25. The summed E-state index contributed by atoms with van der Waals surface area (Å²) < 4.78 is 0.961. The van der Waals surface area contributed by atoms with Crippen LogP contribution in [0.2, 0.25) is 0 Å². The highest BCUT2D eigenvalue weighted by Crippen LogP contribution is 2.28. The quantitative estimate of drug-likeness (QED) is 0.917. The molecule has 4 heteroatoms. The number of nitriles is 1. The van der Waals surface area contributed by atoms with E-state index in [1.165, 1.54) is 0 Å². The van der Waals surface area contributed by atoms with E-state index in [-0.39, 0.29) is 6.61 Å². The third-order valence-corrected chi connectivity index (χ3v) is 3.14. The fraction of sp³-hybridized carbons (Fsp3) is 0.167. The predicted octanol–water partition coefficient (Wildman–Crippen LogP) is 2.60. The second-order valence-electron chi connectivity index (χ2n) is 3.40. The number of fused-ring (bicyclic) bond motifs is 1. The number of aliphatic hydroxyl groups is 1. The zero-order chi connectivity index (χ0) is 11.5. The Morgan fingerprint density at radius 1 is 1.38 bits per heavy atom. The van der Waals surface area contributed by atoms with Crippen LogP contribution in [0.5, 0.6) is 0 Å². The molecule has 0 aliphatic rings. The monoisotopic (exact) mass is 276 g/mol. The van der Waals surface area contributed by atoms with Crippen LogP contribution in [0.4, 0.5) is 0 Å². The van der Waals surface area contributed by atoms with Crippen LogP contribution in [0, 0.1) is 11.3 Å². The molecule has 2 rings (SSSR count). The third kappa shape index (κ3) is 1.80. The molecule has 0 fully saturated rings. The van der Waals surface area contributed by atoms with Crippen LogP contribution in [0.3, 0.4) is 0 Å². The SMILES string of the molecule is N#CC(CO)c1nccc2c(Br)cccc12. The average molecular weight is 277 g/mol. The minimum atomic E-state index is -0.571. The first-order valence-corrected chi connectivity index (χ1v) is 5.61. The van der Waals surface area contributed by atoms with Crippen molar-refractivity contribution in [3.05, 3.63) is 40.6 Å². The van der Waals surface area contributed by atoms with E-state index in [0.29, 0.717) is 5.69 Å². The van der Waals surface area contributed by atoms with Gasteiger partial charge in [0.15, 0.2) is 0 Å². The van der Waals surface area contributed by atoms with Crippen molar-refractivity contribution in [3.8, 4) is 6.07 Å². The first kappa shape index (κ1) is 11.1. The largest absolute Gasteiger partial charge is 0.395 e. The van der Waals surface area contributed by atoms with Crippen LogP contribution >= 0.6 is 15.9 Å². The molecule has 16 heavy (non-hydrogen) atoms. The van der Waals surface area contributed by atoms with Crippen molar-refractivity contribution in [1.82, 2.24) is 4.98 Å². The predicted molar refractivity (Wildman–Crippen MR) is 64.9 cm³/mol. The maximum absolute atomic E-state index is 9.13. The Hall–Kier alpha value is -1.44. The van der Waals surface area contributed by atoms with Gasteiger partial charge in [-0.05, 0) is 17.5 Å². The van der Waals surface area contributed by atoms with Crippen molar-refractivity contribution in [2.45, 2.75) is 5.92 Å². The second kappa shape index (κ2) is 4.60. The van der Waals surface area contributed by atoms with Crippen LogP contribution in [0.25, 0.3) is 10.8 Å². The molecule has 0 aliphatic carbocycles. The summed E-state index contributed by atoms with van der Waals surface area (Å²) in [5.74, 6) is -0.571. The van der Waals surface area contributed by atoms with E-state index in [4.69, 9.17) is 10.4 Å². The fourth-order valence-corrected chi connectivity index (χ4v) is 2.16. The molecule has 0 radical (unpaired) electrons. The summed E-state index contributed by atoms with van der Waals surface area (Å²) in [6, 6.07) is 9.67. The van der Waals surface area contributed by atoms with Gasteiger partial charge in [0, 0.05) is 16.1 Å². The molecule has 3 nitrogen and oxygen atoms in total. The number of benzene rings is 1. The molecule has 1 N–H and O–H groups in total. The maximum Gasteiger partial charge on any atom is 0.112 e. The molecule has 2 aromatic rings. The van der Waals surface area contributed by atoms with Crippen molar-refractivity contribution < 1.29 is 5.11 Å². The molecule has 0 spiro atoms. The highest BCUT2D eigenvalue weighted by molar-refractivity contribution is 9.10. The Morgan fingerprint density at radius 2 is 2.19 bits per heavy atom. The van der Waals surface area contributed by atoms with Gasteiger partial charge in [0.05, 0.1) is 18.4 Å². The lowest BCUT2D eigenvalue weighted by molar-refractivity contribution is 0.285. The van der Waals surface area contributed by atoms with Gasteiger partial charge in [0.2, 0.25) is 0 Å². The van der Waals surface area contributed by atoms with Crippen molar-refractivity contribution in [2.24, 2.45) is 0 Å². The number of nitrogens with zero attached hydrogens (tertiary/aromatic N) is 2. The smallest absolute Gasteiger partial charge is 0.112 e. The fourth-order valence-electron chi connectivity index (χ4n) is 1.66. The summed E-state index contributed by atoms with van der Waals surface area (Å²) in [4.78, 5) is 4.19. The van der Waals surface area contributed by atoms with E-state index in [1.54, 1.807) is 6.20 Å². The number of aromatic nitrogens is 1. The third-order valence-electron chi connectivity index (χ3n) is 2.45. The zero-order valence-electron chi connectivity index (χ0n) is 8.39. The van der Waals surface area contributed by atoms with Crippen LogP contribution in [0.1, 0.15) is 11.6 Å². The lowest BCUT2D eigenvalue weighted by atomic mass is 10.0. The van der Waals surface area contributed by atoms with Crippen molar-refractivity contribution in [1.29, 1.82) is 5.26 Å². The minimum absolute atomic E-state index is 0.213. The molecule has 0 amide bonds. The number of hydrogen-bond acceptors (Lipinski definition) is 3. The molecule has 0 saturated heterocycles. The van der Waals surface area contributed by atoms with E-state index in [0.717, 1.165) is 15.2 Å². The molecule has 1 aromatic carbocycles. The van der Waals surface area contributed by atoms with Crippen molar-refractivity contribution in [2.75, 3.05) is 6.61 Å². The molecule has 0 saturated carbocycles. The summed E-state index contributed by atoms with van der Waals surface area (Å²) >= 11 is 3.45. The van der Waals surface area contributed by atoms with Gasteiger partial charge in [0.25, 0.3) is 0 Å². The average Bonchev–Trinajstić information content (AvgIpc) is 2.32.